The zero-order chi connectivity index (χ0) is 13.9. The van der Waals surface area contributed by atoms with Gasteiger partial charge in [-0.3, -0.25) is 4.98 Å². The van der Waals surface area contributed by atoms with Crippen molar-refractivity contribution < 1.29 is 4.39 Å². The summed E-state index contributed by atoms with van der Waals surface area (Å²) in [6.45, 7) is 2.17. The van der Waals surface area contributed by atoms with E-state index in [1.54, 1.807) is 12.1 Å². The van der Waals surface area contributed by atoms with Gasteiger partial charge in [-0.15, -0.1) is 0 Å². The van der Waals surface area contributed by atoms with Crippen LogP contribution in [0, 0.1) is 5.82 Å². The zero-order valence-electron chi connectivity index (χ0n) is 11.6. The predicted molar refractivity (Wildman–Crippen MR) is 77.9 cm³/mol. The van der Waals surface area contributed by atoms with E-state index in [0.29, 0.717) is 0 Å². The molecular formula is C17H19FN2. The summed E-state index contributed by atoms with van der Waals surface area (Å²) in [5, 5.41) is 3.67. The molecule has 0 amide bonds. The van der Waals surface area contributed by atoms with E-state index in [4.69, 9.17) is 0 Å². The number of nitrogens with zero attached hydrogens (tertiary/aromatic N) is 1. The Labute approximate surface area is 119 Å². The van der Waals surface area contributed by atoms with Gasteiger partial charge in [-0.25, -0.2) is 4.39 Å². The third-order valence-electron chi connectivity index (χ3n) is 4.10. The number of rotatable bonds is 4. The molecule has 0 unspecified atom stereocenters. The highest BCUT2D eigenvalue weighted by atomic mass is 19.1. The molecular weight excluding hydrogens is 251 g/mol. The Kier molecular flexibility index (Phi) is 3.79. The summed E-state index contributed by atoms with van der Waals surface area (Å²) < 4.78 is 13.4. The lowest BCUT2D eigenvalue weighted by Crippen LogP contribution is -2.24. The van der Waals surface area contributed by atoms with Crippen molar-refractivity contribution >= 4 is 0 Å². The maximum absolute atomic E-state index is 13.4. The molecule has 2 aromatic rings. The first-order valence-corrected chi connectivity index (χ1v) is 7.22. The maximum Gasteiger partial charge on any atom is 0.123 e. The summed E-state index contributed by atoms with van der Waals surface area (Å²) in [6, 6.07) is 9.78. The highest BCUT2D eigenvalue weighted by Gasteiger charge is 2.25. The quantitative estimate of drug-likeness (QED) is 0.910. The molecule has 1 aliphatic carbocycles. The smallest absolute Gasteiger partial charge is 0.123 e. The summed E-state index contributed by atoms with van der Waals surface area (Å²) in [7, 11) is 0. The van der Waals surface area contributed by atoms with E-state index in [9.17, 15) is 4.39 Å². The van der Waals surface area contributed by atoms with Crippen molar-refractivity contribution in [2.45, 2.75) is 38.3 Å². The van der Waals surface area contributed by atoms with Crippen LogP contribution >= 0.6 is 0 Å². The second kappa shape index (κ2) is 5.71. The summed E-state index contributed by atoms with van der Waals surface area (Å²) in [4.78, 5) is 4.06. The van der Waals surface area contributed by atoms with E-state index in [1.165, 1.54) is 11.1 Å². The van der Waals surface area contributed by atoms with Crippen molar-refractivity contribution in [3.8, 4) is 0 Å². The number of halogens is 1. The maximum atomic E-state index is 13.4. The molecule has 1 aromatic heterocycles. The standard InChI is InChI=1S/C17H19FN2/c1-2-16(13-7-9-19-10-8-13)20-17-6-4-12-3-5-14(18)11-15(12)17/h3,5,7-11,16-17,20H,2,4,6H2,1H3/t16-,17+/m0/s1. The van der Waals surface area contributed by atoms with E-state index in [-0.39, 0.29) is 17.9 Å². The van der Waals surface area contributed by atoms with Crippen LogP contribution in [0.15, 0.2) is 42.7 Å². The van der Waals surface area contributed by atoms with Gasteiger partial charge in [-0.05, 0) is 60.2 Å². The fourth-order valence-electron chi connectivity index (χ4n) is 3.03. The topological polar surface area (TPSA) is 24.9 Å². The normalized spacial score (nSPS) is 18.8. The van der Waals surface area contributed by atoms with Gasteiger partial charge in [0, 0.05) is 24.5 Å². The van der Waals surface area contributed by atoms with Gasteiger partial charge in [0.1, 0.15) is 5.82 Å². The monoisotopic (exact) mass is 270 g/mol. The van der Waals surface area contributed by atoms with Crippen LogP contribution in [0.2, 0.25) is 0 Å². The summed E-state index contributed by atoms with van der Waals surface area (Å²) in [5.74, 6) is -0.144. The molecule has 20 heavy (non-hydrogen) atoms. The van der Waals surface area contributed by atoms with Crippen LogP contribution in [0.3, 0.4) is 0 Å². The summed E-state index contributed by atoms with van der Waals surface area (Å²) >= 11 is 0. The van der Waals surface area contributed by atoms with Gasteiger partial charge in [0.25, 0.3) is 0 Å². The van der Waals surface area contributed by atoms with E-state index in [0.717, 1.165) is 24.8 Å². The van der Waals surface area contributed by atoms with Crippen molar-refractivity contribution in [1.29, 1.82) is 0 Å². The minimum absolute atomic E-state index is 0.144. The average molecular weight is 270 g/mol. The lowest BCUT2D eigenvalue weighted by atomic mass is 10.0. The van der Waals surface area contributed by atoms with Gasteiger partial charge in [-0.1, -0.05) is 13.0 Å². The molecule has 1 N–H and O–H groups in total. The van der Waals surface area contributed by atoms with E-state index in [1.807, 2.05) is 30.6 Å². The number of nitrogens with one attached hydrogen (secondary N) is 1. The summed E-state index contributed by atoms with van der Waals surface area (Å²) in [5.41, 5.74) is 3.64. The van der Waals surface area contributed by atoms with Gasteiger partial charge < -0.3 is 5.32 Å². The SMILES string of the molecule is CC[C@H](N[C@@H]1CCc2ccc(F)cc21)c1ccncc1. The first-order valence-electron chi connectivity index (χ1n) is 7.22. The van der Waals surface area contributed by atoms with Gasteiger partial charge in [0.15, 0.2) is 0 Å². The Morgan fingerprint density at radius 2 is 2.10 bits per heavy atom. The molecule has 1 aromatic carbocycles. The molecule has 3 rings (SSSR count). The largest absolute Gasteiger partial charge is 0.303 e. The number of hydrogen-bond acceptors (Lipinski definition) is 2. The number of fused-ring (bicyclic) bond motifs is 1. The fraction of sp³-hybridized carbons (Fsp3) is 0.353. The van der Waals surface area contributed by atoms with Crippen molar-refractivity contribution in [1.82, 2.24) is 10.3 Å². The lowest BCUT2D eigenvalue weighted by Gasteiger charge is -2.23. The Hall–Kier alpha value is -1.74. The van der Waals surface area contributed by atoms with Gasteiger partial charge in [0.05, 0.1) is 0 Å². The van der Waals surface area contributed by atoms with E-state index >= 15 is 0 Å². The van der Waals surface area contributed by atoms with Gasteiger partial charge in [-0.2, -0.15) is 0 Å². The second-order valence-corrected chi connectivity index (χ2v) is 5.34. The Bertz CT molecular complexity index is 583. The minimum atomic E-state index is -0.144. The molecule has 0 spiro atoms. The molecule has 2 atom stereocenters. The van der Waals surface area contributed by atoms with Gasteiger partial charge in [0.2, 0.25) is 0 Å². The summed E-state index contributed by atoms with van der Waals surface area (Å²) in [6.07, 6.45) is 6.72. The number of pyridine rings is 1. The lowest BCUT2D eigenvalue weighted by molar-refractivity contribution is 0.432. The average Bonchev–Trinajstić information content (AvgIpc) is 2.88. The number of aryl methyl sites for hydroxylation is 1. The molecule has 2 nitrogen and oxygen atoms in total. The van der Waals surface area contributed by atoms with E-state index in [2.05, 4.69) is 17.2 Å². The highest BCUT2D eigenvalue weighted by Crippen LogP contribution is 2.34. The Morgan fingerprint density at radius 1 is 1.30 bits per heavy atom. The third-order valence-corrected chi connectivity index (χ3v) is 4.10. The second-order valence-electron chi connectivity index (χ2n) is 5.34. The molecule has 0 bridgehead atoms. The molecule has 0 aliphatic heterocycles. The fourth-order valence-corrected chi connectivity index (χ4v) is 3.03. The first-order chi connectivity index (χ1) is 9.78. The van der Waals surface area contributed by atoms with Crippen LogP contribution in [0.4, 0.5) is 4.39 Å². The Balaban J connectivity index is 1.81. The van der Waals surface area contributed by atoms with Crippen LogP contribution in [-0.4, -0.2) is 4.98 Å². The first kappa shape index (κ1) is 13.3. The molecule has 3 heteroatoms. The highest BCUT2D eigenvalue weighted by molar-refractivity contribution is 5.35. The van der Waals surface area contributed by atoms with Crippen LogP contribution < -0.4 is 5.32 Å². The zero-order valence-corrected chi connectivity index (χ0v) is 11.6. The van der Waals surface area contributed by atoms with Gasteiger partial charge >= 0.3 is 0 Å². The molecule has 0 saturated heterocycles. The number of aromatic nitrogens is 1. The van der Waals surface area contributed by atoms with Crippen molar-refractivity contribution in [3.05, 3.63) is 65.2 Å². The van der Waals surface area contributed by atoms with Crippen LogP contribution in [0.1, 0.15) is 48.5 Å². The number of hydrogen-bond donors (Lipinski definition) is 1. The van der Waals surface area contributed by atoms with Crippen molar-refractivity contribution in [2.24, 2.45) is 0 Å². The predicted octanol–water partition coefficient (Wildman–Crippen LogP) is 3.95. The van der Waals surface area contributed by atoms with Crippen LogP contribution in [0.5, 0.6) is 0 Å². The molecule has 104 valence electrons. The minimum Gasteiger partial charge on any atom is -0.303 e. The van der Waals surface area contributed by atoms with Crippen molar-refractivity contribution in [2.75, 3.05) is 0 Å². The molecule has 1 aliphatic rings. The Morgan fingerprint density at radius 3 is 2.85 bits per heavy atom. The number of benzene rings is 1. The van der Waals surface area contributed by atoms with E-state index < -0.39 is 0 Å². The third kappa shape index (κ3) is 2.59. The van der Waals surface area contributed by atoms with Crippen molar-refractivity contribution in [3.63, 3.8) is 0 Å². The van der Waals surface area contributed by atoms with Crippen LogP contribution in [-0.2, 0) is 6.42 Å². The molecule has 0 fully saturated rings. The van der Waals surface area contributed by atoms with Crippen LogP contribution in [0.25, 0.3) is 0 Å². The molecule has 0 saturated carbocycles. The molecule has 1 heterocycles. The molecule has 0 radical (unpaired) electrons.